The summed E-state index contributed by atoms with van der Waals surface area (Å²) < 4.78 is 38.6. The van der Waals surface area contributed by atoms with Crippen molar-refractivity contribution < 1.29 is 36.7 Å². The molecule has 12 heteroatoms. The summed E-state index contributed by atoms with van der Waals surface area (Å²) in [7, 11) is -3.67. The summed E-state index contributed by atoms with van der Waals surface area (Å²) in [5.41, 5.74) is 7.49. The van der Waals surface area contributed by atoms with E-state index < -0.39 is 7.54 Å². The Morgan fingerprint density at radius 3 is 1.53 bits per heavy atom. The van der Waals surface area contributed by atoms with Crippen LogP contribution in [0.25, 0.3) is 4.98 Å². The number of anilines is 1. The average molecular weight is 429 g/mol. The van der Waals surface area contributed by atoms with E-state index in [4.69, 9.17) is 20.6 Å². The minimum Gasteiger partial charge on any atom is -1.00 e. The summed E-state index contributed by atoms with van der Waals surface area (Å²) in [6.45, 7) is 4.26. The van der Waals surface area contributed by atoms with Crippen LogP contribution in [-0.4, -0.2) is 32.7 Å². The summed E-state index contributed by atoms with van der Waals surface area (Å²) in [5, 5.41) is 8.38. The highest BCUT2D eigenvalue weighted by atomic mass is 19.4. The lowest BCUT2D eigenvalue weighted by molar-refractivity contribution is -0.0000441. The van der Waals surface area contributed by atoms with Crippen LogP contribution < -0.4 is 10.4 Å². The largest absolute Gasteiger partial charge is 1.00 e. The molecule has 0 saturated heterocycles. The van der Waals surface area contributed by atoms with Gasteiger partial charge in [-0.25, -0.2) is 9.59 Å². The van der Waals surface area contributed by atoms with E-state index in [9.17, 15) is 22.5 Å². The molecule has 162 valence electrons. The monoisotopic (exact) mass is 429 g/mol. The molecule has 0 atom stereocenters. The van der Waals surface area contributed by atoms with Gasteiger partial charge in [0, 0.05) is 17.8 Å². The van der Waals surface area contributed by atoms with Gasteiger partial charge in [-0.2, -0.15) is 0 Å². The van der Waals surface area contributed by atoms with Crippen molar-refractivity contribution in [1.82, 2.24) is 0 Å². The smallest absolute Gasteiger partial charge is 0.762 e. The highest BCUT2D eigenvalue weighted by Crippen LogP contribution is 2.13. The lowest BCUT2D eigenvalue weighted by Gasteiger charge is -2.00. The molecule has 0 amide bonds. The number of ether oxygens (including phenoxy) is 2. The van der Waals surface area contributed by atoms with Gasteiger partial charge in [-0.15, -0.1) is 0 Å². The zero-order chi connectivity index (χ0) is 22.2. The molecule has 2 rings (SSSR count). The molecule has 0 aromatic heterocycles. The zero-order valence-electron chi connectivity index (χ0n) is 16.2. The van der Waals surface area contributed by atoms with Gasteiger partial charge in [0.1, 0.15) is 0 Å². The third-order valence-electron chi connectivity index (χ3n) is 2.92. The topological polar surface area (TPSA) is 107 Å². The van der Waals surface area contributed by atoms with E-state index in [2.05, 4.69) is 4.98 Å². The molecule has 2 N–H and O–H groups in total. The van der Waals surface area contributed by atoms with Gasteiger partial charge in [0.15, 0.2) is 4.98 Å². The van der Waals surface area contributed by atoms with E-state index in [0.717, 1.165) is 0 Å². The van der Waals surface area contributed by atoms with Crippen molar-refractivity contribution in [3.63, 3.8) is 0 Å². The second-order valence-electron chi connectivity index (χ2n) is 4.96. The molecule has 0 fully saturated rings. The van der Waals surface area contributed by atoms with E-state index in [1.54, 1.807) is 50.2 Å². The Kier molecular flexibility index (Phi) is 15.6. The maximum Gasteiger partial charge on any atom is 0.762 e. The highest BCUT2D eigenvalue weighted by molar-refractivity contribution is 6.33. The molecule has 2 aromatic rings. The lowest BCUT2D eigenvalue weighted by atomic mass is 10.2. The van der Waals surface area contributed by atoms with Crippen LogP contribution in [0.3, 0.4) is 0 Å². The fraction of sp³-hybridized carbons (Fsp3) is 0.222. The number of halogens is 4. The Labute approximate surface area is 171 Å². The number of nitrogen functional groups attached to an aromatic ring is 1. The van der Waals surface area contributed by atoms with E-state index in [0.29, 0.717) is 35.7 Å². The SMILES string of the molecule is CCOC(=O)c1ccc(N)cc1.CCOC(=O)c1ccc([N+]#N)cc1.FB(F)F.[F-]. The second-order valence-corrected chi connectivity index (χ2v) is 4.96. The highest BCUT2D eigenvalue weighted by Gasteiger charge is 2.09. The first-order chi connectivity index (χ1) is 13.7. The molecule has 30 heavy (non-hydrogen) atoms. The minimum atomic E-state index is -3.67. The van der Waals surface area contributed by atoms with Crippen LogP contribution in [-0.2, 0) is 9.47 Å². The summed E-state index contributed by atoms with van der Waals surface area (Å²) >= 11 is 0. The summed E-state index contributed by atoms with van der Waals surface area (Å²) in [6.07, 6.45) is 0. The Morgan fingerprint density at radius 2 is 1.23 bits per heavy atom. The number of nitrogens with two attached hydrogens (primary N) is 1. The standard InChI is InChI=1S/C9H9N2O2.C9H11NO2.BF3.FH/c1-2-13-9(12)7-3-5-8(11-10)6-4-7;1-2-12-9(11)7-3-5-8(10)6-4-7;2-1(3)4;/h3-6H,2H2,1H3;3-6H,2,10H2,1H3;;1H/q+1;;;/p-1. The van der Waals surface area contributed by atoms with Crippen LogP contribution in [0.1, 0.15) is 34.6 Å². The van der Waals surface area contributed by atoms with Gasteiger partial charge in [0.25, 0.3) is 0 Å². The quantitative estimate of drug-likeness (QED) is 0.261. The normalized spacial score (nSPS) is 8.53. The van der Waals surface area contributed by atoms with Crippen LogP contribution in [0.4, 0.5) is 24.3 Å². The number of benzene rings is 2. The summed E-state index contributed by atoms with van der Waals surface area (Å²) in [6, 6.07) is 12.8. The van der Waals surface area contributed by atoms with Gasteiger partial charge in [-0.1, -0.05) is 0 Å². The predicted molar refractivity (Wildman–Crippen MR) is 103 cm³/mol. The maximum atomic E-state index is 11.1. The van der Waals surface area contributed by atoms with Crippen LogP contribution in [0.15, 0.2) is 48.5 Å². The van der Waals surface area contributed by atoms with E-state index in [-0.39, 0.29) is 16.6 Å². The molecule has 0 aliphatic rings. The van der Waals surface area contributed by atoms with Gasteiger partial charge in [0.05, 0.1) is 24.3 Å². The summed E-state index contributed by atoms with van der Waals surface area (Å²) in [5.74, 6) is -0.676. The Balaban J connectivity index is 0. The first-order valence-electron chi connectivity index (χ1n) is 8.32. The first-order valence-corrected chi connectivity index (χ1v) is 8.32. The molecule has 2 aromatic carbocycles. The van der Waals surface area contributed by atoms with E-state index >= 15 is 0 Å². The average Bonchev–Trinajstić information content (AvgIpc) is 2.69. The van der Waals surface area contributed by atoms with E-state index in [1.807, 2.05) is 0 Å². The second kappa shape index (κ2) is 16.3. The molecule has 0 saturated carbocycles. The van der Waals surface area contributed by atoms with Crippen molar-refractivity contribution in [1.29, 1.82) is 5.39 Å². The zero-order valence-corrected chi connectivity index (χ0v) is 16.2. The number of diazo groups is 1. The number of rotatable bonds is 4. The Bertz CT molecular complexity index is 798. The fourth-order valence-corrected chi connectivity index (χ4v) is 1.71. The number of carbonyl (C=O) groups excluding carboxylic acids is 2. The molecule has 0 aliphatic carbocycles. The van der Waals surface area contributed by atoms with Crippen molar-refractivity contribution in [3.05, 3.63) is 64.6 Å². The van der Waals surface area contributed by atoms with Crippen LogP contribution in [0, 0.1) is 5.39 Å². The van der Waals surface area contributed by atoms with Gasteiger partial charge in [-0.05, 0) is 50.2 Å². The van der Waals surface area contributed by atoms with Crippen molar-refractivity contribution in [3.8, 4) is 0 Å². The van der Waals surface area contributed by atoms with E-state index in [1.165, 1.54) is 12.1 Å². The Hall–Kier alpha value is -3.62. The van der Waals surface area contributed by atoms with Crippen molar-refractivity contribution >= 4 is 30.9 Å². The predicted octanol–water partition coefficient (Wildman–Crippen LogP) is 1.68. The van der Waals surface area contributed by atoms with Gasteiger partial charge in [0.2, 0.25) is 5.39 Å². The first kappa shape index (κ1) is 28.6. The minimum absolute atomic E-state index is 0. The van der Waals surface area contributed by atoms with Gasteiger partial charge >= 0.3 is 25.2 Å². The molecule has 0 unspecified atom stereocenters. The third kappa shape index (κ3) is 12.7. The van der Waals surface area contributed by atoms with Crippen molar-refractivity contribution in [2.75, 3.05) is 18.9 Å². The third-order valence-corrected chi connectivity index (χ3v) is 2.92. The van der Waals surface area contributed by atoms with Crippen molar-refractivity contribution in [2.45, 2.75) is 13.8 Å². The molecule has 0 aliphatic heterocycles. The molecule has 7 nitrogen and oxygen atoms in total. The van der Waals surface area contributed by atoms with Crippen molar-refractivity contribution in [2.24, 2.45) is 0 Å². The molecular weight excluding hydrogens is 409 g/mol. The number of hydrogen-bond acceptors (Lipinski definition) is 6. The molecule has 0 radical (unpaired) electrons. The molecule has 0 spiro atoms. The maximum absolute atomic E-state index is 11.1. The van der Waals surface area contributed by atoms with Crippen LogP contribution >= 0.6 is 0 Å². The summed E-state index contributed by atoms with van der Waals surface area (Å²) in [4.78, 5) is 25.2. The number of esters is 2. The molecule has 0 bridgehead atoms. The Morgan fingerprint density at radius 1 is 0.900 bits per heavy atom. The molecular formula is C18H20BF4N3O4. The van der Waals surface area contributed by atoms with Gasteiger partial charge < -0.3 is 19.9 Å². The van der Waals surface area contributed by atoms with Gasteiger partial charge in [-0.3, -0.25) is 12.9 Å². The molecule has 0 heterocycles. The number of nitrogens with zero attached hydrogens (tertiary/aromatic N) is 2. The van der Waals surface area contributed by atoms with Crippen LogP contribution in [0.2, 0.25) is 0 Å². The fourth-order valence-electron chi connectivity index (χ4n) is 1.71. The van der Waals surface area contributed by atoms with Crippen LogP contribution in [0.5, 0.6) is 0 Å². The lowest BCUT2D eigenvalue weighted by Crippen LogP contribution is -3.00. The number of carbonyl (C=O) groups is 2. The number of hydrogen-bond donors (Lipinski definition) is 1.